The Bertz CT molecular complexity index is 1530. The molecule has 4 fully saturated rings. The van der Waals surface area contributed by atoms with Crippen LogP contribution in [0, 0.1) is 51.2 Å². The van der Waals surface area contributed by atoms with Crippen molar-refractivity contribution < 1.29 is 9.90 Å². The lowest BCUT2D eigenvalue weighted by Crippen LogP contribution is -2.65. The SMILES string of the molecule is C=C(C)[C@@H]1CC[C@]2(c3ncnn3C)CC[C@]3(C)C(CCC4[C@@]5(C)CC=C(c6ccc(C(=O)O)cc6)C(C)(C)C5CC[C@]43C)C12. The van der Waals surface area contributed by atoms with E-state index in [9.17, 15) is 9.90 Å². The van der Waals surface area contributed by atoms with Crippen molar-refractivity contribution in [1.82, 2.24) is 14.8 Å². The molecule has 1 N–H and O–H groups in total. The Kier molecular flexibility index (Phi) is 6.58. The topological polar surface area (TPSA) is 68.0 Å². The number of benzene rings is 1. The molecule has 4 unspecified atom stereocenters. The van der Waals surface area contributed by atoms with Gasteiger partial charge in [0.2, 0.25) is 0 Å². The van der Waals surface area contributed by atoms with Crippen molar-refractivity contribution >= 4 is 11.5 Å². The fourth-order valence-electron chi connectivity index (χ4n) is 13.2. The van der Waals surface area contributed by atoms with Crippen LogP contribution in [0.15, 0.2) is 48.8 Å². The first-order chi connectivity index (χ1) is 20.7. The highest BCUT2D eigenvalue weighted by atomic mass is 16.4. The van der Waals surface area contributed by atoms with E-state index in [0.29, 0.717) is 40.6 Å². The molecule has 1 aromatic carbocycles. The number of aromatic nitrogens is 3. The fraction of sp³-hybridized carbons (Fsp3) is 0.667. The molecule has 0 bridgehead atoms. The number of carbonyl (C=O) groups is 1. The van der Waals surface area contributed by atoms with Gasteiger partial charge in [-0.05, 0) is 139 Å². The van der Waals surface area contributed by atoms with E-state index in [4.69, 9.17) is 4.98 Å². The van der Waals surface area contributed by atoms with Crippen LogP contribution in [0.1, 0.15) is 121 Å². The third kappa shape index (κ3) is 3.73. The van der Waals surface area contributed by atoms with Crippen molar-refractivity contribution in [3.8, 4) is 0 Å². The largest absolute Gasteiger partial charge is 0.478 e. The van der Waals surface area contributed by atoms with Crippen LogP contribution >= 0.6 is 0 Å². The maximum atomic E-state index is 11.5. The molecule has 7 rings (SSSR count). The minimum absolute atomic E-state index is 0.0280. The molecule has 0 aliphatic heterocycles. The second kappa shape index (κ2) is 9.66. The van der Waals surface area contributed by atoms with Crippen molar-refractivity contribution in [2.75, 3.05) is 0 Å². The zero-order valence-electron chi connectivity index (χ0n) is 28.1. The van der Waals surface area contributed by atoms with Crippen LogP contribution in [-0.2, 0) is 12.5 Å². The Morgan fingerprint density at radius 1 is 0.932 bits per heavy atom. The first-order valence-electron chi connectivity index (χ1n) is 17.2. The van der Waals surface area contributed by atoms with Gasteiger partial charge < -0.3 is 5.11 Å². The predicted molar refractivity (Wildman–Crippen MR) is 176 cm³/mol. The van der Waals surface area contributed by atoms with Gasteiger partial charge >= 0.3 is 5.97 Å². The van der Waals surface area contributed by atoms with E-state index >= 15 is 0 Å². The number of carboxylic acid groups (broad SMARTS) is 1. The number of aromatic carboxylic acids is 1. The average Bonchev–Trinajstić information content (AvgIpc) is 3.57. The molecule has 236 valence electrons. The van der Waals surface area contributed by atoms with Crippen LogP contribution < -0.4 is 0 Å². The third-order valence-electron chi connectivity index (χ3n) is 15.2. The summed E-state index contributed by atoms with van der Waals surface area (Å²) in [5.74, 6) is 3.48. The van der Waals surface area contributed by atoms with Gasteiger partial charge in [-0.15, -0.1) is 0 Å². The summed E-state index contributed by atoms with van der Waals surface area (Å²) >= 11 is 0. The summed E-state index contributed by atoms with van der Waals surface area (Å²) in [4.78, 5) is 16.5. The zero-order chi connectivity index (χ0) is 31.4. The Hall–Kier alpha value is -2.69. The smallest absolute Gasteiger partial charge is 0.335 e. The average molecular weight is 596 g/mol. The Morgan fingerprint density at radius 3 is 2.30 bits per heavy atom. The van der Waals surface area contributed by atoms with E-state index in [0.717, 1.165) is 6.42 Å². The van der Waals surface area contributed by atoms with E-state index in [1.54, 1.807) is 18.5 Å². The predicted octanol–water partition coefficient (Wildman–Crippen LogP) is 9.12. The lowest BCUT2D eigenvalue weighted by molar-refractivity contribution is -0.219. The molecule has 0 spiro atoms. The van der Waals surface area contributed by atoms with E-state index in [-0.39, 0.29) is 21.7 Å². The van der Waals surface area contributed by atoms with Gasteiger partial charge in [0.1, 0.15) is 12.2 Å². The van der Waals surface area contributed by atoms with Gasteiger partial charge in [-0.3, -0.25) is 4.68 Å². The summed E-state index contributed by atoms with van der Waals surface area (Å²) in [5, 5.41) is 14.0. The molecule has 5 aliphatic rings. The summed E-state index contributed by atoms with van der Waals surface area (Å²) in [6.45, 7) is 19.9. The van der Waals surface area contributed by atoms with E-state index in [1.807, 2.05) is 12.1 Å². The molecule has 1 heterocycles. The molecular formula is C39H53N3O2. The van der Waals surface area contributed by atoms with Crippen LogP contribution in [0.25, 0.3) is 5.57 Å². The Labute approximate surface area is 264 Å². The van der Waals surface area contributed by atoms with E-state index in [1.165, 1.54) is 73.9 Å². The third-order valence-corrected chi connectivity index (χ3v) is 15.2. The highest BCUT2D eigenvalue weighted by molar-refractivity contribution is 5.88. The van der Waals surface area contributed by atoms with Crippen LogP contribution in [0.3, 0.4) is 0 Å². The standard InChI is InChI=1S/C39H53N3O2/c1-24(2)27-15-20-39(34-40-23-41-42(34)8)22-21-37(6)29(32(27)39)13-14-31-36(5)18-16-28(25-9-11-26(12-10-25)33(43)44)35(3,4)30(36)17-19-38(31,37)7/h9-12,16,23,27,29-32H,1,13-15,17-22H2,2-8H3,(H,43,44)/t27-,29?,30?,31?,32?,36-,37+,38+,39-/m0/s1. The van der Waals surface area contributed by atoms with Gasteiger partial charge in [0.05, 0.1) is 5.56 Å². The minimum atomic E-state index is -0.861. The number of allylic oxidation sites excluding steroid dienone is 3. The number of nitrogens with zero attached hydrogens (tertiary/aromatic N) is 3. The van der Waals surface area contributed by atoms with Gasteiger partial charge in [-0.2, -0.15) is 5.10 Å². The molecule has 2 aromatic rings. The zero-order valence-corrected chi connectivity index (χ0v) is 28.1. The fourth-order valence-corrected chi connectivity index (χ4v) is 13.2. The molecule has 44 heavy (non-hydrogen) atoms. The Balaban J connectivity index is 1.26. The molecule has 4 saturated carbocycles. The monoisotopic (exact) mass is 595 g/mol. The summed E-state index contributed by atoms with van der Waals surface area (Å²) < 4.78 is 2.08. The molecule has 5 heteroatoms. The van der Waals surface area contributed by atoms with E-state index in [2.05, 4.69) is 71.0 Å². The normalized spacial score (nSPS) is 42.3. The molecule has 1 aromatic heterocycles. The molecule has 0 saturated heterocycles. The van der Waals surface area contributed by atoms with Crippen LogP contribution in [0.2, 0.25) is 0 Å². The lowest BCUT2D eigenvalue weighted by Gasteiger charge is -2.72. The highest BCUT2D eigenvalue weighted by Crippen LogP contribution is 2.77. The van der Waals surface area contributed by atoms with Crippen molar-refractivity contribution in [2.24, 2.45) is 58.3 Å². The number of aryl methyl sites for hydroxylation is 1. The van der Waals surface area contributed by atoms with Gasteiger partial charge in [0.25, 0.3) is 0 Å². The molecule has 5 aliphatic carbocycles. The maximum absolute atomic E-state index is 11.5. The first-order valence-corrected chi connectivity index (χ1v) is 17.2. The van der Waals surface area contributed by atoms with Crippen molar-refractivity contribution in [3.63, 3.8) is 0 Å². The Morgan fingerprint density at radius 2 is 1.66 bits per heavy atom. The van der Waals surface area contributed by atoms with E-state index < -0.39 is 5.97 Å². The minimum Gasteiger partial charge on any atom is -0.478 e. The number of rotatable bonds is 4. The van der Waals surface area contributed by atoms with Crippen molar-refractivity contribution in [1.29, 1.82) is 0 Å². The quantitative estimate of drug-likeness (QED) is 0.358. The van der Waals surface area contributed by atoms with Gasteiger partial charge in [-0.25, -0.2) is 9.78 Å². The number of carboxylic acids is 1. The molecule has 5 nitrogen and oxygen atoms in total. The van der Waals surface area contributed by atoms with Crippen molar-refractivity contribution in [2.45, 2.75) is 105 Å². The maximum Gasteiger partial charge on any atom is 0.335 e. The number of hydrogen-bond acceptors (Lipinski definition) is 3. The number of hydrogen-bond donors (Lipinski definition) is 1. The molecule has 9 atom stereocenters. The second-order valence-corrected chi connectivity index (χ2v) is 17.0. The first kappa shape index (κ1) is 30.0. The molecule has 0 amide bonds. The van der Waals surface area contributed by atoms with Crippen LogP contribution in [-0.4, -0.2) is 25.8 Å². The summed E-state index contributed by atoms with van der Waals surface area (Å²) in [6.07, 6.45) is 15.5. The summed E-state index contributed by atoms with van der Waals surface area (Å²) in [5.41, 5.74) is 5.29. The van der Waals surface area contributed by atoms with Gasteiger partial charge in [0, 0.05) is 12.5 Å². The second-order valence-electron chi connectivity index (χ2n) is 17.0. The van der Waals surface area contributed by atoms with Crippen LogP contribution in [0.4, 0.5) is 0 Å². The lowest BCUT2D eigenvalue weighted by atomic mass is 9.32. The summed E-state index contributed by atoms with van der Waals surface area (Å²) in [6, 6.07) is 7.61. The highest BCUT2D eigenvalue weighted by Gasteiger charge is 2.71. The van der Waals surface area contributed by atoms with Crippen LogP contribution in [0.5, 0.6) is 0 Å². The summed E-state index contributed by atoms with van der Waals surface area (Å²) in [7, 11) is 2.10. The van der Waals surface area contributed by atoms with Gasteiger partial charge in [0.15, 0.2) is 0 Å². The molecular weight excluding hydrogens is 542 g/mol. The molecule has 0 radical (unpaired) electrons. The number of fused-ring (bicyclic) bond motifs is 7. The van der Waals surface area contributed by atoms with Crippen molar-refractivity contribution in [3.05, 3.63) is 65.8 Å². The van der Waals surface area contributed by atoms with Gasteiger partial charge in [-0.1, -0.05) is 65.0 Å².